The fraction of sp³-hybridized carbons (Fsp3) is 0.583. The molecule has 0 aliphatic carbocycles. The molecule has 1 aromatic heterocycles. The molecule has 0 aliphatic heterocycles. The molecule has 1 heterocycles. The Bertz CT molecular complexity index is 507. The first kappa shape index (κ1) is 26.2. The van der Waals surface area contributed by atoms with Crippen molar-refractivity contribution >= 4 is 11.3 Å². The summed E-state index contributed by atoms with van der Waals surface area (Å²) >= 11 is 1.95. The molecule has 0 aliphatic rings. The molecule has 0 fully saturated rings. The molecule has 0 unspecified atom stereocenters. The molecule has 0 saturated carbocycles. The van der Waals surface area contributed by atoms with Gasteiger partial charge in [-0.15, -0.1) is 11.3 Å². The predicted octanol–water partition coefficient (Wildman–Crippen LogP) is 9.20. The van der Waals surface area contributed by atoms with E-state index in [-0.39, 0.29) is 14.9 Å². The van der Waals surface area contributed by atoms with Crippen LogP contribution in [-0.2, 0) is 0 Å². The van der Waals surface area contributed by atoms with E-state index in [0.29, 0.717) is 23.7 Å². The van der Waals surface area contributed by atoms with Crippen LogP contribution in [-0.4, -0.2) is 0 Å². The topological polar surface area (TPSA) is 0 Å². The van der Waals surface area contributed by atoms with Gasteiger partial charge in [-0.05, 0) is 46.9 Å². The maximum Gasteiger partial charge on any atom is 0.00737 e. The van der Waals surface area contributed by atoms with Crippen LogP contribution in [0.4, 0.5) is 0 Å². The molecular weight excluding hydrogens is 320 g/mol. The fourth-order valence-corrected chi connectivity index (χ4v) is 3.27. The quantitative estimate of drug-likeness (QED) is 0.508. The Morgan fingerprint density at radius 2 is 0.760 bits per heavy atom. The summed E-state index contributed by atoms with van der Waals surface area (Å²) < 4.78 is 0. The van der Waals surface area contributed by atoms with E-state index in [1.165, 1.54) is 20.9 Å². The third-order valence-corrected chi connectivity index (χ3v) is 5.74. The second kappa shape index (κ2) is 12.3. The van der Waals surface area contributed by atoms with Crippen molar-refractivity contribution in [2.45, 2.75) is 93.9 Å². The summed E-state index contributed by atoms with van der Waals surface area (Å²) in [5.41, 5.74) is 2.86. The van der Waals surface area contributed by atoms with E-state index in [1.54, 1.807) is 0 Å². The van der Waals surface area contributed by atoms with Crippen LogP contribution in [0.1, 0.15) is 115 Å². The molecule has 0 atom stereocenters. The second-order valence-corrected chi connectivity index (χ2v) is 8.67. The first-order chi connectivity index (χ1) is 10.7. The zero-order chi connectivity index (χ0) is 17.6. The van der Waals surface area contributed by atoms with Crippen LogP contribution in [0.5, 0.6) is 0 Å². The van der Waals surface area contributed by atoms with E-state index in [0.717, 1.165) is 0 Å². The lowest BCUT2D eigenvalue weighted by Crippen LogP contribution is -1.90. The van der Waals surface area contributed by atoms with Gasteiger partial charge >= 0.3 is 0 Å². The molecule has 0 N–H and O–H groups in total. The van der Waals surface area contributed by atoms with Crippen molar-refractivity contribution in [2.24, 2.45) is 0 Å². The van der Waals surface area contributed by atoms with Crippen LogP contribution in [0, 0.1) is 0 Å². The van der Waals surface area contributed by atoms with Gasteiger partial charge in [-0.2, -0.15) is 0 Å². The maximum absolute atomic E-state index is 2.25. The Morgan fingerprint density at radius 3 is 0.920 bits per heavy atom. The van der Waals surface area contributed by atoms with Gasteiger partial charge in [0.1, 0.15) is 0 Å². The summed E-state index contributed by atoms with van der Waals surface area (Å²) in [5.74, 6) is 2.66. The highest BCUT2D eigenvalue weighted by Gasteiger charge is 2.05. The van der Waals surface area contributed by atoms with E-state index in [9.17, 15) is 0 Å². The number of hydrogen-bond acceptors (Lipinski definition) is 1. The average Bonchev–Trinajstić information content (AvgIpc) is 2.98. The van der Waals surface area contributed by atoms with Crippen LogP contribution in [0.3, 0.4) is 0 Å². The van der Waals surface area contributed by atoms with Crippen molar-refractivity contribution in [1.29, 1.82) is 0 Å². The van der Waals surface area contributed by atoms with E-state index in [1.807, 2.05) is 11.3 Å². The van der Waals surface area contributed by atoms with Crippen molar-refractivity contribution in [3.8, 4) is 0 Å². The van der Waals surface area contributed by atoms with Crippen molar-refractivity contribution in [3.05, 3.63) is 57.3 Å². The summed E-state index contributed by atoms with van der Waals surface area (Å²) in [6, 6.07) is 13.5. The molecule has 2 rings (SSSR count). The standard InChI is InChI=1S/C12H18.C10H16S.2CH4/c1-9(2)11-5-7-12(8-6-11)10(3)4;1-7(2)9-5-6-10(11-9)8(3)4;;/h5-10H,1-4H3;5-8H,1-4H3;2*1H4. The summed E-state index contributed by atoms with van der Waals surface area (Å²) in [6.45, 7) is 17.9. The number of benzene rings is 1. The Hall–Kier alpha value is -1.08. The van der Waals surface area contributed by atoms with Crippen molar-refractivity contribution in [3.63, 3.8) is 0 Å². The predicted molar refractivity (Wildman–Crippen MR) is 121 cm³/mol. The average molecular weight is 363 g/mol. The highest BCUT2D eigenvalue weighted by Crippen LogP contribution is 2.28. The lowest BCUT2D eigenvalue weighted by Gasteiger charge is -2.08. The third kappa shape index (κ3) is 8.72. The zero-order valence-corrected chi connectivity index (χ0v) is 17.0. The molecule has 0 nitrogen and oxygen atoms in total. The van der Waals surface area contributed by atoms with Gasteiger partial charge in [0.15, 0.2) is 0 Å². The summed E-state index contributed by atoms with van der Waals surface area (Å²) in [5, 5.41) is 0. The minimum Gasteiger partial charge on any atom is -0.145 e. The van der Waals surface area contributed by atoms with E-state index >= 15 is 0 Å². The lowest BCUT2D eigenvalue weighted by atomic mass is 9.97. The molecule has 0 radical (unpaired) electrons. The number of hydrogen-bond donors (Lipinski definition) is 0. The van der Waals surface area contributed by atoms with E-state index in [2.05, 4.69) is 91.8 Å². The van der Waals surface area contributed by atoms with E-state index < -0.39 is 0 Å². The summed E-state index contributed by atoms with van der Waals surface area (Å²) in [4.78, 5) is 3.02. The number of thiophene rings is 1. The molecule has 25 heavy (non-hydrogen) atoms. The van der Waals surface area contributed by atoms with Crippen molar-refractivity contribution in [1.82, 2.24) is 0 Å². The Labute approximate surface area is 162 Å². The van der Waals surface area contributed by atoms with Gasteiger partial charge in [-0.25, -0.2) is 0 Å². The first-order valence-corrected chi connectivity index (χ1v) is 9.73. The normalized spacial score (nSPS) is 10.4. The van der Waals surface area contributed by atoms with Crippen LogP contribution in [0.15, 0.2) is 36.4 Å². The van der Waals surface area contributed by atoms with Gasteiger partial charge in [0.2, 0.25) is 0 Å². The van der Waals surface area contributed by atoms with Gasteiger partial charge in [-0.1, -0.05) is 94.5 Å². The zero-order valence-electron chi connectivity index (χ0n) is 16.2. The monoisotopic (exact) mass is 362 g/mol. The van der Waals surface area contributed by atoms with Crippen LogP contribution >= 0.6 is 11.3 Å². The molecule has 0 amide bonds. The molecule has 0 spiro atoms. The smallest absolute Gasteiger partial charge is 0.00737 e. The highest BCUT2D eigenvalue weighted by molar-refractivity contribution is 7.12. The van der Waals surface area contributed by atoms with Gasteiger partial charge in [0.05, 0.1) is 0 Å². The maximum atomic E-state index is 2.25. The second-order valence-electron chi connectivity index (χ2n) is 7.53. The van der Waals surface area contributed by atoms with Gasteiger partial charge < -0.3 is 0 Å². The van der Waals surface area contributed by atoms with Gasteiger partial charge in [0.25, 0.3) is 0 Å². The van der Waals surface area contributed by atoms with Crippen molar-refractivity contribution in [2.75, 3.05) is 0 Å². The molecular formula is C24H42S. The summed E-state index contributed by atoms with van der Waals surface area (Å²) in [6.07, 6.45) is 0. The Kier molecular flexibility index (Phi) is 12.9. The highest BCUT2D eigenvalue weighted by atomic mass is 32.1. The first-order valence-electron chi connectivity index (χ1n) is 8.91. The van der Waals surface area contributed by atoms with Gasteiger partial charge in [0, 0.05) is 9.75 Å². The molecule has 0 bridgehead atoms. The van der Waals surface area contributed by atoms with Gasteiger partial charge in [-0.3, -0.25) is 0 Å². The number of rotatable bonds is 4. The van der Waals surface area contributed by atoms with E-state index in [4.69, 9.17) is 0 Å². The Morgan fingerprint density at radius 1 is 0.480 bits per heavy atom. The largest absolute Gasteiger partial charge is 0.145 e. The summed E-state index contributed by atoms with van der Waals surface area (Å²) in [7, 11) is 0. The third-order valence-electron chi connectivity index (χ3n) is 4.06. The minimum absolute atomic E-state index is 0. The molecule has 1 aromatic carbocycles. The molecule has 0 saturated heterocycles. The van der Waals surface area contributed by atoms with Crippen LogP contribution in [0.2, 0.25) is 0 Å². The minimum atomic E-state index is 0. The lowest BCUT2D eigenvalue weighted by molar-refractivity contribution is 0.845. The van der Waals surface area contributed by atoms with Crippen molar-refractivity contribution < 1.29 is 0 Å². The fourth-order valence-electron chi connectivity index (χ4n) is 2.25. The van der Waals surface area contributed by atoms with Crippen LogP contribution < -0.4 is 0 Å². The molecule has 144 valence electrons. The van der Waals surface area contributed by atoms with Crippen LogP contribution in [0.25, 0.3) is 0 Å². The molecule has 2 aromatic rings. The Balaban J connectivity index is 0. The molecule has 1 heteroatoms. The SMILES string of the molecule is C.C.CC(C)c1ccc(C(C)C)cc1.CC(C)c1ccc(C(C)C)s1.